The van der Waals surface area contributed by atoms with Crippen molar-refractivity contribution in [1.29, 1.82) is 10.5 Å². The summed E-state index contributed by atoms with van der Waals surface area (Å²) < 4.78 is 0. The molecule has 0 saturated carbocycles. The molecule has 0 aromatic carbocycles. The fraction of sp³-hybridized carbons (Fsp3) is 0.250. The van der Waals surface area contributed by atoms with Gasteiger partial charge >= 0.3 is 0 Å². The van der Waals surface area contributed by atoms with Crippen molar-refractivity contribution in [2.75, 3.05) is 0 Å². The van der Waals surface area contributed by atoms with Gasteiger partial charge in [-0.15, -0.1) is 0 Å². The van der Waals surface area contributed by atoms with Crippen molar-refractivity contribution < 1.29 is 10.2 Å². The molecular formula is C8H6N2O2. The van der Waals surface area contributed by atoms with Gasteiger partial charge in [-0.1, -0.05) is 0 Å². The molecule has 0 saturated heterocycles. The van der Waals surface area contributed by atoms with Gasteiger partial charge in [-0.3, -0.25) is 0 Å². The molecule has 60 valence electrons. The van der Waals surface area contributed by atoms with Crippen LogP contribution in [0.2, 0.25) is 0 Å². The van der Waals surface area contributed by atoms with E-state index in [-0.39, 0.29) is 35.5 Å². The van der Waals surface area contributed by atoms with Crippen LogP contribution in [0.3, 0.4) is 0 Å². The van der Waals surface area contributed by atoms with E-state index in [0.717, 1.165) is 0 Å². The minimum absolute atomic E-state index is 0.110. The van der Waals surface area contributed by atoms with Gasteiger partial charge in [0, 0.05) is 12.8 Å². The summed E-state index contributed by atoms with van der Waals surface area (Å²) >= 11 is 0. The molecule has 0 radical (unpaired) electrons. The highest BCUT2D eigenvalue weighted by Gasteiger charge is 2.20. The second-order valence-electron chi connectivity index (χ2n) is 2.37. The van der Waals surface area contributed by atoms with Gasteiger partial charge in [-0.25, -0.2) is 0 Å². The van der Waals surface area contributed by atoms with E-state index in [4.69, 9.17) is 20.7 Å². The first-order valence-electron chi connectivity index (χ1n) is 3.35. The molecule has 12 heavy (non-hydrogen) atoms. The Morgan fingerprint density at radius 3 is 1.50 bits per heavy atom. The van der Waals surface area contributed by atoms with E-state index in [1.54, 1.807) is 12.1 Å². The molecule has 0 fully saturated rings. The van der Waals surface area contributed by atoms with Gasteiger partial charge in [0.05, 0.1) is 0 Å². The second kappa shape index (κ2) is 2.98. The second-order valence-corrected chi connectivity index (χ2v) is 2.37. The Hall–Kier alpha value is -1.94. The zero-order chi connectivity index (χ0) is 9.14. The summed E-state index contributed by atoms with van der Waals surface area (Å²) in [5.41, 5.74) is -0.220. The molecule has 0 heterocycles. The van der Waals surface area contributed by atoms with Crippen LogP contribution in [0.15, 0.2) is 22.7 Å². The third-order valence-electron chi connectivity index (χ3n) is 1.65. The van der Waals surface area contributed by atoms with Crippen LogP contribution < -0.4 is 0 Å². The number of aliphatic hydroxyl groups excluding tert-OH is 2. The maximum Gasteiger partial charge on any atom is 0.112 e. The van der Waals surface area contributed by atoms with E-state index in [2.05, 4.69) is 0 Å². The fourth-order valence-corrected chi connectivity index (χ4v) is 1.02. The van der Waals surface area contributed by atoms with Crippen LogP contribution in [0.1, 0.15) is 12.8 Å². The lowest BCUT2D eigenvalue weighted by Gasteiger charge is -2.10. The molecule has 0 unspecified atom stereocenters. The molecule has 0 atom stereocenters. The maximum atomic E-state index is 9.15. The van der Waals surface area contributed by atoms with Crippen molar-refractivity contribution >= 4 is 0 Å². The molecule has 0 bridgehead atoms. The standard InChI is InChI=1S/C8H6N2O2/c9-3-5-6(4-10)8(12)2-1-7(5)11/h11-12H,1-2H2. The monoisotopic (exact) mass is 162 g/mol. The van der Waals surface area contributed by atoms with Gasteiger partial charge in [0.1, 0.15) is 34.8 Å². The van der Waals surface area contributed by atoms with Gasteiger partial charge in [-0.2, -0.15) is 10.5 Å². The minimum Gasteiger partial charge on any atom is -0.511 e. The van der Waals surface area contributed by atoms with E-state index >= 15 is 0 Å². The van der Waals surface area contributed by atoms with Gasteiger partial charge in [-0.05, 0) is 0 Å². The SMILES string of the molecule is N#CC1=C(O)CCC(O)=C1C#N. The summed E-state index contributed by atoms with van der Waals surface area (Å²) in [4.78, 5) is 0. The Balaban J connectivity index is 3.25. The molecular weight excluding hydrogens is 156 g/mol. The van der Waals surface area contributed by atoms with Gasteiger partial charge < -0.3 is 10.2 Å². The molecule has 4 nitrogen and oxygen atoms in total. The first-order chi connectivity index (χ1) is 5.70. The average Bonchev–Trinajstić information content (AvgIpc) is 2.08. The number of allylic oxidation sites excluding steroid dienone is 4. The smallest absolute Gasteiger partial charge is 0.112 e. The summed E-state index contributed by atoms with van der Waals surface area (Å²) in [5.74, 6) is -0.237. The molecule has 0 spiro atoms. The maximum absolute atomic E-state index is 9.15. The highest BCUT2D eigenvalue weighted by molar-refractivity contribution is 5.54. The molecule has 1 aliphatic rings. The van der Waals surface area contributed by atoms with E-state index in [1.165, 1.54) is 0 Å². The highest BCUT2D eigenvalue weighted by Crippen LogP contribution is 2.26. The molecule has 1 rings (SSSR count). The normalized spacial score (nSPS) is 17.2. The van der Waals surface area contributed by atoms with Crippen molar-refractivity contribution in [3.05, 3.63) is 22.7 Å². The Morgan fingerprint density at radius 2 is 1.25 bits per heavy atom. The third-order valence-corrected chi connectivity index (χ3v) is 1.65. The summed E-state index contributed by atoms with van der Waals surface area (Å²) in [7, 11) is 0. The quantitative estimate of drug-likeness (QED) is 0.564. The van der Waals surface area contributed by atoms with E-state index in [9.17, 15) is 0 Å². The summed E-state index contributed by atoms with van der Waals surface area (Å²) in [6.07, 6.45) is 0.444. The summed E-state index contributed by atoms with van der Waals surface area (Å²) in [6, 6.07) is 3.35. The van der Waals surface area contributed by atoms with Crippen molar-refractivity contribution in [2.45, 2.75) is 12.8 Å². The Morgan fingerprint density at radius 1 is 0.917 bits per heavy atom. The Kier molecular flexibility index (Phi) is 2.02. The first kappa shape index (κ1) is 8.16. The summed E-state index contributed by atoms with van der Waals surface area (Å²) in [5, 5.41) is 35.3. The van der Waals surface area contributed by atoms with Crippen molar-refractivity contribution in [1.82, 2.24) is 0 Å². The minimum atomic E-state index is -0.119. The number of rotatable bonds is 0. The molecule has 1 aliphatic carbocycles. The van der Waals surface area contributed by atoms with Gasteiger partial charge in [0.2, 0.25) is 0 Å². The first-order valence-corrected chi connectivity index (χ1v) is 3.35. The van der Waals surface area contributed by atoms with Crippen molar-refractivity contribution in [3.8, 4) is 12.1 Å². The van der Waals surface area contributed by atoms with Crippen LogP contribution >= 0.6 is 0 Å². The lowest BCUT2D eigenvalue weighted by Crippen LogP contribution is -2.03. The Labute approximate surface area is 69.3 Å². The molecule has 0 aromatic rings. The zero-order valence-electron chi connectivity index (χ0n) is 6.20. The summed E-state index contributed by atoms with van der Waals surface area (Å²) in [6.45, 7) is 0. The van der Waals surface area contributed by atoms with Crippen LogP contribution in [0.25, 0.3) is 0 Å². The predicted molar refractivity (Wildman–Crippen MR) is 39.8 cm³/mol. The predicted octanol–water partition coefficient (Wildman–Crippen LogP) is 1.45. The molecule has 0 aliphatic heterocycles. The average molecular weight is 162 g/mol. The number of nitrogens with zero attached hydrogens (tertiary/aromatic N) is 2. The molecule has 2 N–H and O–H groups in total. The highest BCUT2D eigenvalue weighted by atomic mass is 16.3. The van der Waals surface area contributed by atoms with E-state index in [0.29, 0.717) is 0 Å². The fourth-order valence-electron chi connectivity index (χ4n) is 1.02. The number of aliphatic hydroxyl groups is 2. The van der Waals surface area contributed by atoms with Crippen LogP contribution in [-0.4, -0.2) is 10.2 Å². The van der Waals surface area contributed by atoms with Gasteiger partial charge in [0.15, 0.2) is 0 Å². The number of hydrogen-bond donors (Lipinski definition) is 2. The zero-order valence-corrected chi connectivity index (χ0v) is 6.20. The lowest BCUT2D eigenvalue weighted by molar-refractivity contribution is 0.337. The van der Waals surface area contributed by atoms with E-state index < -0.39 is 0 Å². The largest absolute Gasteiger partial charge is 0.511 e. The molecule has 0 aromatic heterocycles. The third kappa shape index (κ3) is 1.11. The van der Waals surface area contributed by atoms with Crippen LogP contribution in [-0.2, 0) is 0 Å². The lowest BCUT2D eigenvalue weighted by atomic mass is 9.96. The topological polar surface area (TPSA) is 88.0 Å². The molecule has 0 amide bonds. The number of nitriles is 2. The number of hydrogen-bond acceptors (Lipinski definition) is 4. The van der Waals surface area contributed by atoms with Crippen molar-refractivity contribution in [3.63, 3.8) is 0 Å². The van der Waals surface area contributed by atoms with Gasteiger partial charge in [0.25, 0.3) is 0 Å². The van der Waals surface area contributed by atoms with Crippen molar-refractivity contribution in [2.24, 2.45) is 0 Å². The molecule has 4 heteroatoms. The Bertz CT molecular complexity index is 316. The van der Waals surface area contributed by atoms with Crippen LogP contribution in [0, 0.1) is 22.7 Å². The van der Waals surface area contributed by atoms with E-state index in [1.807, 2.05) is 0 Å². The van der Waals surface area contributed by atoms with Crippen LogP contribution in [0.5, 0.6) is 0 Å². The van der Waals surface area contributed by atoms with Crippen LogP contribution in [0.4, 0.5) is 0 Å².